The van der Waals surface area contributed by atoms with Gasteiger partial charge in [-0.1, -0.05) is 12.1 Å². The Balaban J connectivity index is 2.16. The van der Waals surface area contributed by atoms with E-state index in [2.05, 4.69) is 0 Å². The summed E-state index contributed by atoms with van der Waals surface area (Å²) in [4.78, 5) is 35.8. The Hall–Kier alpha value is -3.09. The second-order valence-electron chi connectivity index (χ2n) is 5.75. The van der Waals surface area contributed by atoms with Crippen molar-refractivity contribution < 1.29 is 33.7 Å². The number of Topliss-reactive ketones (excluding diaryl/α,β-unsaturated/α-hetero) is 2. The summed E-state index contributed by atoms with van der Waals surface area (Å²) >= 11 is 0. The van der Waals surface area contributed by atoms with Gasteiger partial charge in [0.05, 0.1) is 20.1 Å². The SMILES string of the molecule is COC1=C(OC)C(=O)C(COc2ccc(C(C)C(=O)O)cc2)=C(C)C1=O. The van der Waals surface area contributed by atoms with Crippen LogP contribution in [0.1, 0.15) is 25.3 Å². The first-order valence-corrected chi connectivity index (χ1v) is 7.88. The zero-order valence-electron chi connectivity index (χ0n) is 15.0. The van der Waals surface area contributed by atoms with Gasteiger partial charge in [0.1, 0.15) is 12.4 Å². The number of carboxylic acids is 1. The zero-order chi connectivity index (χ0) is 19.4. The van der Waals surface area contributed by atoms with Crippen LogP contribution in [0.25, 0.3) is 0 Å². The predicted octanol–water partition coefficient (Wildman–Crippen LogP) is 2.23. The van der Waals surface area contributed by atoms with Crippen LogP contribution in [-0.2, 0) is 23.9 Å². The van der Waals surface area contributed by atoms with Crippen LogP contribution in [-0.4, -0.2) is 43.5 Å². The van der Waals surface area contributed by atoms with Gasteiger partial charge in [-0.25, -0.2) is 0 Å². The molecule has 0 bridgehead atoms. The quantitative estimate of drug-likeness (QED) is 0.744. The van der Waals surface area contributed by atoms with E-state index in [-0.39, 0.29) is 29.3 Å². The van der Waals surface area contributed by atoms with E-state index in [9.17, 15) is 14.4 Å². The maximum absolute atomic E-state index is 12.5. The van der Waals surface area contributed by atoms with Crippen molar-refractivity contribution in [1.82, 2.24) is 0 Å². The van der Waals surface area contributed by atoms with E-state index in [1.54, 1.807) is 31.2 Å². The van der Waals surface area contributed by atoms with Crippen molar-refractivity contribution in [3.8, 4) is 5.75 Å². The maximum atomic E-state index is 12.5. The van der Waals surface area contributed by atoms with E-state index < -0.39 is 23.5 Å². The fourth-order valence-corrected chi connectivity index (χ4v) is 2.52. The number of methoxy groups -OCH3 is 2. The number of hydrogen-bond acceptors (Lipinski definition) is 6. The molecule has 2 rings (SSSR count). The average molecular weight is 360 g/mol. The molecule has 1 N–H and O–H groups in total. The number of carboxylic acid groups (broad SMARTS) is 1. The molecule has 1 aliphatic rings. The van der Waals surface area contributed by atoms with Crippen LogP contribution in [0, 0.1) is 0 Å². The fourth-order valence-electron chi connectivity index (χ4n) is 2.52. The molecule has 0 saturated heterocycles. The van der Waals surface area contributed by atoms with Crippen LogP contribution in [0.3, 0.4) is 0 Å². The summed E-state index contributed by atoms with van der Waals surface area (Å²) in [5, 5.41) is 9.02. The third-order valence-corrected chi connectivity index (χ3v) is 4.23. The second-order valence-corrected chi connectivity index (χ2v) is 5.75. The molecule has 1 atom stereocenters. The molecule has 7 heteroatoms. The van der Waals surface area contributed by atoms with Gasteiger partial charge in [-0.3, -0.25) is 14.4 Å². The first kappa shape index (κ1) is 19.2. The molecule has 1 aromatic rings. The Morgan fingerprint density at radius 1 is 1.04 bits per heavy atom. The standard InChI is InChI=1S/C19H20O7/c1-10(19(22)23)12-5-7-13(8-6-12)26-9-14-11(2)15(20)17(24-3)18(25-4)16(14)21/h5-8,10H,9H2,1-4H3,(H,22,23). The van der Waals surface area contributed by atoms with Gasteiger partial charge in [0.15, 0.2) is 0 Å². The van der Waals surface area contributed by atoms with Gasteiger partial charge < -0.3 is 19.3 Å². The minimum atomic E-state index is -0.918. The number of allylic oxidation sites excluding steroid dienone is 2. The van der Waals surface area contributed by atoms with E-state index >= 15 is 0 Å². The number of ketones is 2. The lowest BCUT2D eigenvalue weighted by Gasteiger charge is -2.20. The number of hydrogen-bond donors (Lipinski definition) is 1. The van der Waals surface area contributed by atoms with E-state index in [4.69, 9.17) is 19.3 Å². The molecule has 7 nitrogen and oxygen atoms in total. The molecule has 0 amide bonds. The highest BCUT2D eigenvalue weighted by Crippen LogP contribution is 2.27. The van der Waals surface area contributed by atoms with Crippen molar-refractivity contribution in [2.75, 3.05) is 20.8 Å². The smallest absolute Gasteiger partial charge is 0.310 e. The van der Waals surface area contributed by atoms with E-state index in [0.717, 1.165) is 0 Å². The van der Waals surface area contributed by atoms with Crippen LogP contribution in [0.15, 0.2) is 46.9 Å². The van der Waals surface area contributed by atoms with E-state index in [1.807, 2.05) is 0 Å². The maximum Gasteiger partial charge on any atom is 0.310 e. The minimum absolute atomic E-state index is 0.117. The van der Waals surface area contributed by atoms with Crippen molar-refractivity contribution >= 4 is 17.5 Å². The van der Waals surface area contributed by atoms with Gasteiger partial charge in [-0.05, 0) is 31.5 Å². The molecule has 0 fully saturated rings. The van der Waals surface area contributed by atoms with Crippen LogP contribution < -0.4 is 4.74 Å². The van der Waals surface area contributed by atoms with Crippen LogP contribution in [0.4, 0.5) is 0 Å². The second kappa shape index (κ2) is 7.86. The van der Waals surface area contributed by atoms with Gasteiger partial charge in [0, 0.05) is 11.1 Å². The Morgan fingerprint density at radius 3 is 2.08 bits per heavy atom. The van der Waals surface area contributed by atoms with Crippen LogP contribution >= 0.6 is 0 Å². The number of rotatable bonds is 7. The summed E-state index contributed by atoms with van der Waals surface area (Å²) in [6.45, 7) is 3.00. The molecule has 0 spiro atoms. The summed E-state index contributed by atoms with van der Waals surface area (Å²) in [5.74, 6) is -2.25. The van der Waals surface area contributed by atoms with Gasteiger partial charge in [0.25, 0.3) is 0 Å². The Bertz CT molecular complexity index is 800. The predicted molar refractivity (Wildman–Crippen MR) is 91.7 cm³/mol. The summed E-state index contributed by atoms with van der Waals surface area (Å²) in [6, 6.07) is 6.53. The summed E-state index contributed by atoms with van der Waals surface area (Å²) < 4.78 is 15.6. The van der Waals surface area contributed by atoms with Crippen LogP contribution in [0.5, 0.6) is 5.75 Å². The molecular weight excluding hydrogens is 340 g/mol. The highest BCUT2D eigenvalue weighted by Gasteiger charge is 2.34. The summed E-state index contributed by atoms with van der Waals surface area (Å²) in [5.41, 5.74) is 1.07. The molecule has 0 aliphatic heterocycles. The Kier molecular flexibility index (Phi) is 5.82. The highest BCUT2D eigenvalue weighted by atomic mass is 16.5. The molecule has 0 aromatic heterocycles. The first-order chi connectivity index (χ1) is 12.3. The molecule has 0 saturated carbocycles. The van der Waals surface area contributed by atoms with Crippen molar-refractivity contribution in [3.63, 3.8) is 0 Å². The minimum Gasteiger partial charge on any atom is -0.489 e. The molecule has 1 aliphatic carbocycles. The third kappa shape index (κ3) is 3.61. The Labute approximate surface area is 150 Å². The Morgan fingerprint density at radius 2 is 1.58 bits per heavy atom. The highest BCUT2D eigenvalue weighted by molar-refractivity contribution is 6.23. The summed E-state index contributed by atoms with van der Waals surface area (Å²) in [7, 11) is 2.59. The molecule has 138 valence electrons. The zero-order valence-corrected chi connectivity index (χ0v) is 15.0. The number of ether oxygens (including phenoxy) is 3. The number of carbonyl (C=O) groups excluding carboxylic acids is 2. The van der Waals surface area contributed by atoms with Gasteiger partial charge in [0.2, 0.25) is 23.1 Å². The van der Waals surface area contributed by atoms with E-state index in [1.165, 1.54) is 21.1 Å². The largest absolute Gasteiger partial charge is 0.489 e. The van der Waals surface area contributed by atoms with Crippen molar-refractivity contribution in [2.24, 2.45) is 0 Å². The van der Waals surface area contributed by atoms with E-state index in [0.29, 0.717) is 11.3 Å². The van der Waals surface area contributed by atoms with Crippen molar-refractivity contribution in [1.29, 1.82) is 0 Å². The lowest BCUT2D eigenvalue weighted by Crippen LogP contribution is -2.27. The number of carbonyl (C=O) groups is 3. The monoisotopic (exact) mass is 360 g/mol. The third-order valence-electron chi connectivity index (χ3n) is 4.23. The first-order valence-electron chi connectivity index (χ1n) is 7.88. The van der Waals surface area contributed by atoms with Gasteiger partial charge in [-0.15, -0.1) is 0 Å². The topological polar surface area (TPSA) is 99.1 Å². The summed E-state index contributed by atoms with van der Waals surface area (Å²) in [6.07, 6.45) is 0. The average Bonchev–Trinajstić information content (AvgIpc) is 2.64. The normalized spacial score (nSPS) is 15.8. The molecular formula is C19H20O7. The molecule has 1 unspecified atom stereocenters. The van der Waals surface area contributed by atoms with Gasteiger partial charge in [-0.2, -0.15) is 0 Å². The molecule has 0 heterocycles. The number of benzene rings is 1. The molecule has 0 radical (unpaired) electrons. The van der Waals surface area contributed by atoms with Crippen LogP contribution in [0.2, 0.25) is 0 Å². The molecule has 26 heavy (non-hydrogen) atoms. The van der Waals surface area contributed by atoms with Crippen molar-refractivity contribution in [2.45, 2.75) is 19.8 Å². The number of aliphatic carboxylic acids is 1. The fraction of sp³-hybridized carbons (Fsp3) is 0.316. The van der Waals surface area contributed by atoms with Gasteiger partial charge >= 0.3 is 5.97 Å². The molecule has 1 aromatic carbocycles. The van der Waals surface area contributed by atoms with Crippen molar-refractivity contribution in [3.05, 3.63) is 52.5 Å². The lowest BCUT2D eigenvalue weighted by molar-refractivity contribution is -0.138. The lowest BCUT2D eigenvalue weighted by atomic mass is 9.93.